The second-order valence-electron chi connectivity index (χ2n) is 5.00. The Labute approximate surface area is 137 Å². The minimum atomic E-state index is 0.706. The van der Waals surface area contributed by atoms with Crippen LogP contribution in [0.25, 0.3) is 0 Å². The number of methoxy groups -OCH3 is 2. The Hall–Kier alpha value is -0.900. The summed E-state index contributed by atoms with van der Waals surface area (Å²) < 4.78 is 16.5. The lowest BCUT2D eigenvalue weighted by Gasteiger charge is -2.13. The molecule has 0 amide bonds. The van der Waals surface area contributed by atoms with Gasteiger partial charge in [-0.25, -0.2) is 0 Å². The van der Waals surface area contributed by atoms with E-state index in [4.69, 9.17) is 14.2 Å². The molecule has 0 heterocycles. The van der Waals surface area contributed by atoms with Gasteiger partial charge in [0.1, 0.15) is 0 Å². The zero-order valence-electron chi connectivity index (χ0n) is 13.2. The molecule has 21 heavy (non-hydrogen) atoms. The highest BCUT2D eigenvalue weighted by atomic mass is 79.9. The maximum atomic E-state index is 5.84. The monoisotopic (exact) mass is 358 g/mol. The van der Waals surface area contributed by atoms with E-state index in [0.717, 1.165) is 23.2 Å². The molecule has 0 saturated heterocycles. The Morgan fingerprint density at radius 3 is 1.86 bits per heavy atom. The first-order valence-electron chi connectivity index (χ1n) is 7.73. The standard InChI is InChI=1S/C17H27BrO3/c1-19-15-11-10-12-16(20-2)17(15)21-14-9-7-5-3-4-6-8-13-18/h10-12H,3-9,13-14H2,1-2H3. The van der Waals surface area contributed by atoms with Crippen LogP contribution >= 0.6 is 15.9 Å². The number of rotatable bonds is 12. The molecule has 0 aliphatic rings. The predicted octanol–water partition coefficient (Wildman–Crippen LogP) is 5.21. The van der Waals surface area contributed by atoms with E-state index in [1.807, 2.05) is 18.2 Å². The van der Waals surface area contributed by atoms with Crippen LogP contribution in [-0.4, -0.2) is 26.2 Å². The molecule has 0 saturated carbocycles. The van der Waals surface area contributed by atoms with Crippen molar-refractivity contribution >= 4 is 15.9 Å². The third-order valence-electron chi connectivity index (χ3n) is 3.41. The second kappa shape index (κ2) is 11.7. The van der Waals surface area contributed by atoms with Gasteiger partial charge in [-0.1, -0.05) is 54.1 Å². The van der Waals surface area contributed by atoms with Crippen molar-refractivity contribution in [3.63, 3.8) is 0 Å². The van der Waals surface area contributed by atoms with Gasteiger partial charge in [-0.15, -0.1) is 0 Å². The fourth-order valence-corrected chi connectivity index (χ4v) is 2.61. The van der Waals surface area contributed by atoms with Gasteiger partial charge in [-0.3, -0.25) is 0 Å². The summed E-state index contributed by atoms with van der Waals surface area (Å²) in [4.78, 5) is 0. The summed E-state index contributed by atoms with van der Waals surface area (Å²) in [5, 5.41) is 1.13. The lowest BCUT2D eigenvalue weighted by Crippen LogP contribution is -2.01. The average molecular weight is 359 g/mol. The molecule has 0 bridgehead atoms. The third-order valence-corrected chi connectivity index (χ3v) is 3.97. The van der Waals surface area contributed by atoms with Gasteiger partial charge in [0.15, 0.2) is 11.5 Å². The average Bonchev–Trinajstić information content (AvgIpc) is 2.53. The summed E-state index contributed by atoms with van der Waals surface area (Å²) in [5.74, 6) is 2.16. The molecule has 0 atom stereocenters. The first kappa shape index (κ1) is 18.1. The summed E-state index contributed by atoms with van der Waals surface area (Å²) in [7, 11) is 3.29. The van der Waals surface area contributed by atoms with Gasteiger partial charge in [0.05, 0.1) is 20.8 Å². The van der Waals surface area contributed by atoms with Gasteiger partial charge in [-0.05, 0) is 25.0 Å². The third kappa shape index (κ3) is 7.07. The van der Waals surface area contributed by atoms with Crippen LogP contribution in [0.15, 0.2) is 18.2 Å². The summed E-state index contributed by atoms with van der Waals surface area (Å²) >= 11 is 3.46. The Morgan fingerprint density at radius 1 is 0.810 bits per heavy atom. The van der Waals surface area contributed by atoms with Gasteiger partial charge in [0.25, 0.3) is 0 Å². The zero-order valence-corrected chi connectivity index (χ0v) is 14.8. The molecule has 1 aromatic carbocycles. The van der Waals surface area contributed by atoms with Crippen molar-refractivity contribution in [1.82, 2.24) is 0 Å². The normalized spacial score (nSPS) is 10.4. The van der Waals surface area contributed by atoms with Crippen LogP contribution in [0.5, 0.6) is 17.2 Å². The number of unbranched alkanes of at least 4 members (excludes halogenated alkanes) is 6. The van der Waals surface area contributed by atoms with Crippen molar-refractivity contribution in [2.45, 2.75) is 44.9 Å². The number of hydrogen-bond donors (Lipinski definition) is 0. The summed E-state index contributed by atoms with van der Waals surface area (Å²) in [6.07, 6.45) is 8.86. The number of hydrogen-bond acceptors (Lipinski definition) is 3. The van der Waals surface area contributed by atoms with Crippen LogP contribution in [0.4, 0.5) is 0 Å². The quantitative estimate of drug-likeness (QED) is 0.379. The van der Waals surface area contributed by atoms with Crippen LogP contribution in [0.2, 0.25) is 0 Å². The molecule has 0 aromatic heterocycles. The van der Waals surface area contributed by atoms with E-state index in [1.165, 1.54) is 38.5 Å². The van der Waals surface area contributed by atoms with Crippen molar-refractivity contribution in [2.75, 3.05) is 26.2 Å². The lowest BCUT2D eigenvalue weighted by molar-refractivity contribution is 0.267. The van der Waals surface area contributed by atoms with E-state index in [-0.39, 0.29) is 0 Å². The van der Waals surface area contributed by atoms with Crippen LogP contribution in [-0.2, 0) is 0 Å². The molecule has 0 aliphatic carbocycles. The number of para-hydroxylation sites is 1. The summed E-state index contributed by atoms with van der Waals surface area (Å²) in [6.45, 7) is 0.706. The van der Waals surface area contributed by atoms with E-state index in [0.29, 0.717) is 12.4 Å². The van der Waals surface area contributed by atoms with E-state index < -0.39 is 0 Å². The van der Waals surface area contributed by atoms with Crippen molar-refractivity contribution in [1.29, 1.82) is 0 Å². The van der Waals surface area contributed by atoms with Crippen LogP contribution < -0.4 is 14.2 Å². The Balaban J connectivity index is 2.20. The largest absolute Gasteiger partial charge is 0.493 e. The Bertz CT molecular complexity index is 360. The number of ether oxygens (including phenoxy) is 3. The fraction of sp³-hybridized carbons (Fsp3) is 0.647. The number of benzene rings is 1. The first-order valence-corrected chi connectivity index (χ1v) is 8.85. The van der Waals surface area contributed by atoms with Gasteiger partial charge >= 0.3 is 0 Å². The highest BCUT2D eigenvalue weighted by Crippen LogP contribution is 2.36. The minimum Gasteiger partial charge on any atom is -0.493 e. The molecule has 3 nitrogen and oxygen atoms in total. The van der Waals surface area contributed by atoms with Gasteiger partial charge in [0, 0.05) is 5.33 Å². The van der Waals surface area contributed by atoms with E-state index >= 15 is 0 Å². The minimum absolute atomic E-state index is 0.706. The predicted molar refractivity (Wildman–Crippen MR) is 91.2 cm³/mol. The highest BCUT2D eigenvalue weighted by molar-refractivity contribution is 9.09. The van der Waals surface area contributed by atoms with E-state index in [1.54, 1.807) is 14.2 Å². The molecular formula is C17H27BrO3. The molecule has 1 rings (SSSR count). The SMILES string of the molecule is COc1cccc(OC)c1OCCCCCCCCCBr. The molecule has 0 aliphatic heterocycles. The topological polar surface area (TPSA) is 27.7 Å². The fourth-order valence-electron chi connectivity index (χ4n) is 2.21. The van der Waals surface area contributed by atoms with Crippen molar-refractivity contribution < 1.29 is 14.2 Å². The first-order chi connectivity index (χ1) is 10.3. The lowest BCUT2D eigenvalue weighted by atomic mass is 10.1. The maximum absolute atomic E-state index is 5.84. The van der Waals surface area contributed by atoms with Gasteiger partial charge < -0.3 is 14.2 Å². The second-order valence-corrected chi connectivity index (χ2v) is 5.80. The van der Waals surface area contributed by atoms with Crippen molar-refractivity contribution in [3.8, 4) is 17.2 Å². The molecule has 1 aromatic rings. The molecule has 120 valence electrons. The van der Waals surface area contributed by atoms with Gasteiger partial charge in [-0.2, -0.15) is 0 Å². The van der Waals surface area contributed by atoms with Gasteiger partial charge in [0.2, 0.25) is 5.75 Å². The molecule has 0 unspecified atom stereocenters. The zero-order chi connectivity index (χ0) is 15.3. The molecule has 4 heteroatoms. The molecule has 0 fully saturated rings. The molecule has 0 radical (unpaired) electrons. The Morgan fingerprint density at radius 2 is 1.33 bits per heavy atom. The molecule has 0 N–H and O–H groups in total. The van der Waals surface area contributed by atoms with Crippen LogP contribution in [0, 0.1) is 0 Å². The van der Waals surface area contributed by atoms with E-state index in [9.17, 15) is 0 Å². The molecular weight excluding hydrogens is 332 g/mol. The van der Waals surface area contributed by atoms with Crippen molar-refractivity contribution in [2.24, 2.45) is 0 Å². The Kier molecular flexibility index (Phi) is 10.1. The van der Waals surface area contributed by atoms with Crippen LogP contribution in [0.3, 0.4) is 0 Å². The van der Waals surface area contributed by atoms with E-state index in [2.05, 4.69) is 15.9 Å². The highest BCUT2D eigenvalue weighted by Gasteiger charge is 2.10. The summed E-state index contributed by atoms with van der Waals surface area (Å²) in [6, 6.07) is 5.68. The summed E-state index contributed by atoms with van der Waals surface area (Å²) in [5.41, 5.74) is 0. The number of alkyl halides is 1. The maximum Gasteiger partial charge on any atom is 0.203 e. The molecule has 0 spiro atoms. The number of halogens is 1. The van der Waals surface area contributed by atoms with Crippen molar-refractivity contribution in [3.05, 3.63) is 18.2 Å². The van der Waals surface area contributed by atoms with Crippen LogP contribution in [0.1, 0.15) is 44.9 Å². The smallest absolute Gasteiger partial charge is 0.203 e.